The van der Waals surface area contributed by atoms with E-state index in [2.05, 4.69) is 0 Å². The van der Waals surface area contributed by atoms with E-state index < -0.39 is 0 Å². The summed E-state index contributed by atoms with van der Waals surface area (Å²) in [5.41, 5.74) is 6.24. The Bertz CT molecular complexity index is 536. The molecule has 0 radical (unpaired) electrons. The number of amides is 1. The van der Waals surface area contributed by atoms with Crippen molar-refractivity contribution in [3.8, 4) is 5.75 Å². The van der Waals surface area contributed by atoms with E-state index in [4.69, 9.17) is 34.3 Å². The molecule has 0 aliphatic carbocycles. The number of piperidine rings is 1. The van der Waals surface area contributed by atoms with Crippen LogP contribution in [0.5, 0.6) is 5.75 Å². The SMILES string of the molecule is COc1cc(Cl)ccc1C(=O)N1CCCCC1C(N)=S. The van der Waals surface area contributed by atoms with Crippen LogP contribution in [0.3, 0.4) is 0 Å². The maximum absolute atomic E-state index is 12.7. The molecule has 1 aliphatic rings. The molecule has 1 aromatic rings. The number of ether oxygens (including phenoxy) is 1. The second kappa shape index (κ2) is 6.41. The van der Waals surface area contributed by atoms with E-state index in [1.807, 2.05) is 0 Å². The van der Waals surface area contributed by atoms with Gasteiger partial charge in [0.25, 0.3) is 5.91 Å². The number of methoxy groups -OCH3 is 1. The minimum atomic E-state index is -0.174. The van der Waals surface area contributed by atoms with Gasteiger partial charge in [-0.1, -0.05) is 23.8 Å². The average Bonchev–Trinajstić information content (AvgIpc) is 2.46. The Morgan fingerprint density at radius 1 is 1.50 bits per heavy atom. The summed E-state index contributed by atoms with van der Waals surface area (Å²) in [5, 5.41) is 0.530. The number of halogens is 1. The van der Waals surface area contributed by atoms with Gasteiger partial charge in [0, 0.05) is 11.6 Å². The molecule has 108 valence electrons. The van der Waals surface area contributed by atoms with E-state index in [0.29, 0.717) is 27.9 Å². The van der Waals surface area contributed by atoms with Crippen molar-refractivity contribution < 1.29 is 9.53 Å². The van der Waals surface area contributed by atoms with Gasteiger partial charge in [0.15, 0.2) is 0 Å². The third-order valence-corrected chi connectivity index (χ3v) is 3.99. The van der Waals surface area contributed by atoms with Gasteiger partial charge in [0.05, 0.1) is 23.7 Å². The molecule has 1 aromatic carbocycles. The smallest absolute Gasteiger partial charge is 0.258 e. The zero-order valence-electron chi connectivity index (χ0n) is 11.3. The first-order valence-corrected chi connectivity index (χ1v) is 7.27. The number of carbonyl (C=O) groups is 1. The van der Waals surface area contributed by atoms with Gasteiger partial charge in [0.2, 0.25) is 0 Å². The first-order chi connectivity index (χ1) is 9.54. The fourth-order valence-electron chi connectivity index (χ4n) is 2.47. The van der Waals surface area contributed by atoms with Crippen LogP contribution in [0.1, 0.15) is 29.6 Å². The molecule has 20 heavy (non-hydrogen) atoms. The number of nitrogens with zero attached hydrogens (tertiary/aromatic N) is 1. The first kappa shape index (κ1) is 15.1. The van der Waals surface area contributed by atoms with Gasteiger partial charge in [-0.25, -0.2) is 0 Å². The topological polar surface area (TPSA) is 55.6 Å². The molecule has 0 spiro atoms. The standard InChI is InChI=1S/C14H17ClN2O2S/c1-19-12-8-9(15)5-6-10(12)14(18)17-7-3-2-4-11(17)13(16)20/h5-6,8,11H,2-4,7H2,1H3,(H2,16,20). The van der Waals surface area contributed by atoms with Crippen molar-refractivity contribution in [2.75, 3.05) is 13.7 Å². The Balaban J connectivity index is 2.32. The Kier molecular flexibility index (Phi) is 4.83. The van der Waals surface area contributed by atoms with Gasteiger partial charge in [-0.05, 0) is 37.5 Å². The number of rotatable bonds is 3. The number of hydrogen-bond acceptors (Lipinski definition) is 3. The summed E-state index contributed by atoms with van der Waals surface area (Å²) in [6.07, 6.45) is 2.81. The van der Waals surface area contributed by atoms with E-state index in [-0.39, 0.29) is 11.9 Å². The molecule has 1 amide bonds. The minimum absolute atomic E-state index is 0.115. The molecule has 1 heterocycles. The Hall–Kier alpha value is -1.33. The van der Waals surface area contributed by atoms with Gasteiger partial charge in [-0.15, -0.1) is 0 Å². The second-order valence-corrected chi connectivity index (χ2v) is 5.66. The largest absolute Gasteiger partial charge is 0.496 e. The van der Waals surface area contributed by atoms with Crippen molar-refractivity contribution >= 4 is 34.7 Å². The van der Waals surface area contributed by atoms with Gasteiger partial charge in [-0.2, -0.15) is 0 Å². The lowest BCUT2D eigenvalue weighted by molar-refractivity contribution is 0.0678. The van der Waals surface area contributed by atoms with Crippen molar-refractivity contribution in [3.05, 3.63) is 28.8 Å². The van der Waals surface area contributed by atoms with Crippen molar-refractivity contribution in [1.82, 2.24) is 4.90 Å². The van der Waals surface area contributed by atoms with Crippen LogP contribution in [-0.4, -0.2) is 35.5 Å². The second-order valence-electron chi connectivity index (χ2n) is 4.76. The summed E-state index contributed by atoms with van der Waals surface area (Å²) in [7, 11) is 1.52. The molecule has 1 atom stereocenters. The molecule has 0 bridgehead atoms. The molecular formula is C14H17ClN2O2S. The summed E-state index contributed by atoms with van der Waals surface area (Å²) >= 11 is 11.0. The van der Waals surface area contributed by atoms with Crippen LogP contribution in [0.2, 0.25) is 5.02 Å². The fourth-order valence-corrected chi connectivity index (χ4v) is 2.87. The molecule has 1 unspecified atom stereocenters. The van der Waals surface area contributed by atoms with E-state index in [9.17, 15) is 4.79 Å². The highest BCUT2D eigenvalue weighted by Crippen LogP contribution is 2.27. The van der Waals surface area contributed by atoms with E-state index >= 15 is 0 Å². The molecule has 0 aromatic heterocycles. The number of thiocarbonyl (C=S) groups is 1. The van der Waals surface area contributed by atoms with Crippen molar-refractivity contribution in [3.63, 3.8) is 0 Å². The average molecular weight is 313 g/mol. The molecule has 1 aliphatic heterocycles. The summed E-state index contributed by atoms with van der Waals surface area (Å²) in [6.45, 7) is 0.659. The van der Waals surface area contributed by atoms with Gasteiger partial charge >= 0.3 is 0 Å². The highest BCUT2D eigenvalue weighted by Gasteiger charge is 2.30. The monoisotopic (exact) mass is 312 g/mol. The van der Waals surface area contributed by atoms with E-state index in [0.717, 1.165) is 19.3 Å². The third-order valence-electron chi connectivity index (χ3n) is 3.49. The molecule has 1 fully saturated rings. The highest BCUT2D eigenvalue weighted by molar-refractivity contribution is 7.80. The molecule has 4 nitrogen and oxygen atoms in total. The quantitative estimate of drug-likeness (QED) is 0.872. The zero-order valence-corrected chi connectivity index (χ0v) is 12.8. The van der Waals surface area contributed by atoms with Crippen molar-refractivity contribution in [1.29, 1.82) is 0 Å². The van der Waals surface area contributed by atoms with E-state index in [1.54, 1.807) is 23.1 Å². The van der Waals surface area contributed by atoms with Crippen LogP contribution < -0.4 is 10.5 Å². The molecule has 0 saturated carbocycles. The summed E-state index contributed by atoms with van der Waals surface area (Å²) in [4.78, 5) is 14.8. The maximum Gasteiger partial charge on any atom is 0.258 e. The normalized spacial score (nSPS) is 18.7. The van der Waals surface area contributed by atoms with Crippen molar-refractivity contribution in [2.45, 2.75) is 25.3 Å². The molecule has 2 N–H and O–H groups in total. The minimum Gasteiger partial charge on any atom is -0.496 e. The lowest BCUT2D eigenvalue weighted by atomic mass is 10.0. The Morgan fingerprint density at radius 2 is 2.25 bits per heavy atom. The fraction of sp³-hybridized carbons (Fsp3) is 0.429. The zero-order chi connectivity index (χ0) is 14.7. The van der Waals surface area contributed by atoms with Crippen LogP contribution in [0.25, 0.3) is 0 Å². The van der Waals surface area contributed by atoms with Crippen LogP contribution in [-0.2, 0) is 0 Å². The van der Waals surface area contributed by atoms with Gasteiger partial charge in [0.1, 0.15) is 5.75 Å². The van der Waals surface area contributed by atoms with Gasteiger partial charge < -0.3 is 15.4 Å². The third kappa shape index (κ3) is 3.04. The lowest BCUT2D eigenvalue weighted by Crippen LogP contribution is -2.49. The van der Waals surface area contributed by atoms with Crippen LogP contribution >= 0.6 is 23.8 Å². The molecule has 6 heteroatoms. The number of benzene rings is 1. The van der Waals surface area contributed by atoms with Crippen LogP contribution in [0, 0.1) is 0 Å². The molecule has 2 rings (SSSR count). The van der Waals surface area contributed by atoms with Crippen molar-refractivity contribution in [2.24, 2.45) is 5.73 Å². The summed E-state index contributed by atoms with van der Waals surface area (Å²) in [6, 6.07) is 4.81. The number of carbonyl (C=O) groups excluding carboxylic acids is 1. The predicted octanol–water partition coefficient (Wildman–Crippen LogP) is 2.63. The Morgan fingerprint density at radius 3 is 2.90 bits per heavy atom. The Labute approximate surface area is 128 Å². The summed E-state index contributed by atoms with van der Waals surface area (Å²) in [5.74, 6) is 0.353. The molecular weight excluding hydrogens is 296 g/mol. The molecule has 1 saturated heterocycles. The predicted molar refractivity (Wildman–Crippen MR) is 83.5 cm³/mol. The maximum atomic E-state index is 12.7. The van der Waals surface area contributed by atoms with E-state index in [1.165, 1.54) is 7.11 Å². The number of hydrogen-bond donors (Lipinski definition) is 1. The highest BCUT2D eigenvalue weighted by atomic mass is 35.5. The number of likely N-dealkylation sites (tertiary alicyclic amines) is 1. The van der Waals surface area contributed by atoms with Crippen LogP contribution in [0.15, 0.2) is 18.2 Å². The summed E-state index contributed by atoms with van der Waals surface area (Å²) < 4.78 is 5.24. The first-order valence-electron chi connectivity index (χ1n) is 6.48. The van der Waals surface area contributed by atoms with Crippen LogP contribution in [0.4, 0.5) is 0 Å². The van der Waals surface area contributed by atoms with Gasteiger partial charge in [-0.3, -0.25) is 4.79 Å². The number of nitrogens with two attached hydrogens (primary N) is 1. The lowest BCUT2D eigenvalue weighted by Gasteiger charge is -2.35.